The van der Waals surface area contributed by atoms with Crippen molar-refractivity contribution >= 4 is 17.5 Å². The van der Waals surface area contributed by atoms with Crippen molar-refractivity contribution in [2.75, 3.05) is 58.5 Å². The number of anilines is 1. The van der Waals surface area contributed by atoms with Crippen molar-refractivity contribution in [1.82, 2.24) is 10.3 Å². The van der Waals surface area contributed by atoms with Crippen LogP contribution in [0.3, 0.4) is 0 Å². The fourth-order valence-electron chi connectivity index (χ4n) is 2.47. The summed E-state index contributed by atoms with van der Waals surface area (Å²) in [7, 11) is 1.61. The Labute approximate surface area is 154 Å². The van der Waals surface area contributed by atoms with Gasteiger partial charge < -0.3 is 14.2 Å². The molecule has 0 bridgehead atoms. The normalized spacial score (nSPS) is 15.4. The molecule has 1 aliphatic heterocycles. The molecule has 2 rings (SSSR count). The zero-order valence-electron chi connectivity index (χ0n) is 15.5. The smallest absolute Gasteiger partial charge is 0.375 e. The molecule has 0 saturated carbocycles. The third-order valence-corrected chi connectivity index (χ3v) is 3.89. The van der Waals surface area contributed by atoms with E-state index < -0.39 is 5.97 Å². The first-order valence-electron chi connectivity index (χ1n) is 8.90. The summed E-state index contributed by atoms with van der Waals surface area (Å²) in [5.41, 5.74) is 6.60. The molecule has 1 aliphatic rings. The molecule has 0 aromatic heterocycles. The minimum absolute atomic E-state index is 0.171. The van der Waals surface area contributed by atoms with Gasteiger partial charge in [-0.15, -0.1) is 0 Å². The Morgan fingerprint density at radius 1 is 1.27 bits per heavy atom. The molecular weight excluding hydrogens is 336 g/mol. The number of esters is 1. The molecule has 1 saturated heterocycles. The van der Waals surface area contributed by atoms with Crippen molar-refractivity contribution in [3.63, 3.8) is 0 Å². The van der Waals surface area contributed by atoms with Crippen molar-refractivity contribution in [2.24, 2.45) is 4.99 Å². The summed E-state index contributed by atoms with van der Waals surface area (Å²) in [6.07, 6.45) is 0.868. The van der Waals surface area contributed by atoms with Crippen molar-refractivity contribution < 1.29 is 19.0 Å². The second-order valence-electron chi connectivity index (χ2n) is 5.74. The van der Waals surface area contributed by atoms with Crippen LogP contribution in [-0.2, 0) is 14.3 Å². The number of morpholine rings is 1. The summed E-state index contributed by atoms with van der Waals surface area (Å²) in [6.45, 7) is 7.02. The molecule has 8 nitrogen and oxygen atoms in total. The second-order valence-corrected chi connectivity index (χ2v) is 5.74. The Morgan fingerprint density at radius 2 is 2.00 bits per heavy atom. The number of hydrogen-bond donors (Lipinski definition) is 2. The largest absolute Gasteiger partial charge is 0.497 e. The number of hydrazine groups is 1. The molecule has 2 N–H and O–H groups in total. The van der Waals surface area contributed by atoms with Crippen LogP contribution >= 0.6 is 0 Å². The first-order chi connectivity index (χ1) is 12.7. The molecule has 144 valence electrons. The highest BCUT2D eigenvalue weighted by Crippen LogP contribution is 2.14. The van der Waals surface area contributed by atoms with Gasteiger partial charge in [0.15, 0.2) is 0 Å². The van der Waals surface area contributed by atoms with Crippen molar-refractivity contribution in [2.45, 2.75) is 13.3 Å². The van der Waals surface area contributed by atoms with Gasteiger partial charge in [-0.05, 0) is 37.6 Å². The highest BCUT2D eigenvalue weighted by atomic mass is 16.5. The van der Waals surface area contributed by atoms with Gasteiger partial charge in [0.2, 0.25) is 5.84 Å². The van der Waals surface area contributed by atoms with Gasteiger partial charge in [-0.1, -0.05) is 0 Å². The average Bonchev–Trinajstić information content (AvgIpc) is 2.68. The number of rotatable bonds is 8. The molecule has 0 radical (unpaired) electrons. The lowest BCUT2D eigenvalue weighted by atomic mass is 10.3. The van der Waals surface area contributed by atoms with Crippen LogP contribution in [0.15, 0.2) is 29.3 Å². The summed E-state index contributed by atoms with van der Waals surface area (Å²) >= 11 is 0. The zero-order valence-corrected chi connectivity index (χ0v) is 15.5. The molecule has 0 atom stereocenters. The van der Waals surface area contributed by atoms with E-state index in [9.17, 15) is 4.79 Å². The second kappa shape index (κ2) is 11.3. The Bertz CT molecular complexity index is 571. The van der Waals surface area contributed by atoms with Crippen molar-refractivity contribution in [3.8, 4) is 5.75 Å². The number of carbonyl (C=O) groups is 1. The highest BCUT2D eigenvalue weighted by molar-refractivity contribution is 6.35. The molecule has 8 heteroatoms. The molecule has 1 aromatic carbocycles. The number of methoxy groups -OCH3 is 1. The summed E-state index contributed by atoms with van der Waals surface area (Å²) in [6, 6.07) is 7.33. The van der Waals surface area contributed by atoms with Crippen LogP contribution in [0.25, 0.3) is 0 Å². The number of aliphatic imine (C=N–C) groups is 1. The lowest BCUT2D eigenvalue weighted by Crippen LogP contribution is -2.38. The van der Waals surface area contributed by atoms with Crippen LogP contribution < -0.4 is 15.6 Å². The number of carbonyl (C=O) groups excluding carboxylic acids is 1. The number of hydrogen-bond acceptors (Lipinski definition) is 7. The summed E-state index contributed by atoms with van der Waals surface area (Å²) < 4.78 is 15.5. The molecule has 0 amide bonds. The minimum atomic E-state index is -0.472. The van der Waals surface area contributed by atoms with Gasteiger partial charge in [0.1, 0.15) is 5.75 Å². The van der Waals surface area contributed by atoms with E-state index in [0.717, 1.165) is 50.7 Å². The number of nitrogens with zero attached hydrogens (tertiary/aromatic N) is 2. The fourth-order valence-corrected chi connectivity index (χ4v) is 2.47. The predicted molar refractivity (Wildman–Crippen MR) is 101 cm³/mol. The van der Waals surface area contributed by atoms with Crippen LogP contribution in [0, 0.1) is 0 Å². The van der Waals surface area contributed by atoms with Crippen LogP contribution in [0.1, 0.15) is 13.3 Å². The van der Waals surface area contributed by atoms with Gasteiger partial charge in [0.25, 0.3) is 0 Å². The molecule has 1 aromatic rings. The number of benzene rings is 1. The van der Waals surface area contributed by atoms with Gasteiger partial charge in [-0.3, -0.25) is 20.7 Å². The van der Waals surface area contributed by atoms with E-state index in [4.69, 9.17) is 14.2 Å². The van der Waals surface area contributed by atoms with E-state index in [1.54, 1.807) is 14.0 Å². The van der Waals surface area contributed by atoms with Crippen LogP contribution in [0.2, 0.25) is 0 Å². The lowest BCUT2D eigenvalue weighted by molar-refractivity contribution is -0.135. The van der Waals surface area contributed by atoms with Crippen molar-refractivity contribution in [1.29, 1.82) is 0 Å². The molecule has 26 heavy (non-hydrogen) atoms. The molecule has 1 heterocycles. The van der Waals surface area contributed by atoms with Gasteiger partial charge in [0.05, 0.1) is 32.6 Å². The van der Waals surface area contributed by atoms with E-state index in [1.165, 1.54) is 0 Å². The van der Waals surface area contributed by atoms with Gasteiger partial charge in [-0.2, -0.15) is 0 Å². The van der Waals surface area contributed by atoms with E-state index in [2.05, 4.69) is 20.7 Å². The lowest BCUT2D eigenvalue weighted by Gasteiger charge is -2.26. The molecule has 1 fully saturated rings. The van der Waals surface area contributed by atoms with Gasteiger partial charge in [0, 0.05) is 26.2 Å². The number of amidine groups is 1. The summed E-state index contributed by atoms with van der Waals surface area (Å²) in [5, 5.41) is 0. The maximum absolute atomic E-state index is 12.1. The number of ether oxygens (including phenoxy) is 3. The highest BCUT2D eigenvalue weighted by Gasteiger charge is 2.13. The van der Waals surface area contributed by atoms with Gasteiger partial charge in [-0.25, -0.2) is 4.79 Å². The maximum atomic E-state index is 12.1. The van der Waals surface area contributed by atoms with Crippen LogP contribution in [0.5, 0.6) is 5.75 Å². The first kappa shape index (κ1) is 20.0. The summed E-state index contributed by atoms with van der Waals surface area (Å²) in [4.78, 5) is 18.8. The third kappa shape index (κ3) is 6.89. The molecule has 0 spiro atoms. The van der Waals surface area contributed by atoms with E-state index in [-0.39, 0.29) is 5.84 Å². The Kier molecular flexibility index (Phi) is 8.71. The fraction of sp³-hybridized carbons (Fsp3) is 0.556. The molecular formula is C18H28N4O4. The average molecular weight is 364 g/mol. The monoisotopic (exact) mass is 364 g/mol. The number of nitrogens with one attached hydrogen (secondary N) is 2. The SMILES string of the molecule is CCOC(=O)C(=NCCCN1CCOCC1)NNc1ccc(OC)cc1. The summed E-state index contributed by atoms with van der Waals surface area (Å²) in [5.74, 6) is 0.461. The topological polar surface area (TPSA) is 84.4 Å². The van der Waals surface area contributed by atoms with Crippen molar-refractivity contribution in [3.05, 3.63) is 24.3 Å². The quantitative estimate of drug-likeness (QED) is 0.236. The Balaban J connectivity index is 1.83. The third-order valence-electron chi connectivity index (χ3n) is 3.89. The molecule has 0 unspecified atom stereocenters. The van der Waals surface area contributed by atoms with E-state index in [1.807, 2.05) is 24.3 Å². The van der Waals surface area contributed by atoms with E-state index in [0.29, 0.717) is 13.2 Å². The zero-order chi connectivity index (χ0) is 18.6. The Morgan fingerprint density at radius 3 is 2.65 bits per heavy atom. The van der Waals surface area contributed by atoms with Crippen LogP contribution in [-0.4, -0.2) is 69.8 Å². The van der Waals surface area contributed by atoms with E-state index >= 15 is 0 Å². The minimum Gasteiger partial charge on any atom is -0.497 e. The predicted octanol–water partition coefficient (Wildman–Crippen LogP) is 1.30. The Hall–Kier alpha value is -2.32. The van der Waals surface area contributed by atoms with Crippen LogP contribution in [0.4, 0.5) is 5.69 Å². The van der Waals surface area contributed by atoms with Gasteiger partial charge >= 0.3 is 5.97 Å². The standard InChI is InChI=1S/C18H28N4O4/c1-3-26-18(23)17(19-9-4-10-22-11-13-25-14-12-22)21-20-15-5-7-16(24-2)8-6-15/h5-8,20H,3-4,9-14H2,1-2H3,(H,19,21). The molecule has 0 aliphatic carbocycles. The first-order valence-corrected chi connectivity index (χ1v) is 8.90. The maximum Gasteiger partial charge on any atom is 0.375 e.